The molecule has 0 bridgehead atoms. The molecule has 1 aliphatic carbocycles. The highest BCUT2D eigenvalue weighted by atomic mass is 16.5. The second-order valence-electron chi connectivity index (χ2n) is 5.15. The predicted molar refractivity (Wildman–Crippen MR) is 73.3 cm³/mol. The molecule has 2 atom stereocenters. The Morgan fingerprint density at radius 3 is 2.78 bits per heavy atom. The van der Waals surface area contributed by atoms with Gasteiger partial charge in [0.15, 0.2) is 0 Å². The van der Waals surface area contributed by atoms with Gasteiger partial charge in [-0.1, -0.05) is 12.8 Å². The van der Waals surface area contributed by atoms with Gasteiger partial charge in [-0.05, 0) is 55.8 Å². The summed E-state index contributed by atoms with van der Waals surface area (Å²) < 4.78 is 6.01. The van der Waals surface area contributed by atoms with Crippen LogP contribution in [0.3, 0.4) is 0 Å². The van der Waals surface area contributed by atoms with Crippen molar-refractivity contribution in [1.82, 2.24) is 4.98 Å². The molecular formula is C15H24N2O. The number of aryl methyl sites for hydroxylation is 1. The van der Waals surface area contributed by atoms with Gasteiger partial charge in [0.1, 0.15) is 0 Å². The largest absolute Gasteiger partial charge is 0.378 e. The summed E-state index contributed by atoms with van der Waals surface area (Å²) in [6, 6.07) is 4.15. The monoisotopic (exact) mass is 248 g/mol. The van der Waals surface area contributed by atoms with E-state index >= 15 is 0 Å². The number of rotatable bonds is 6. The summed E-state index contributed by atoms with van der Waals surface area (Å²) in [5.41, 5.74) is 7.14. The first kappa shape index (κ1) is 13.5. The Bertz CT molecular complexity index is 329. The zero-order valence-corrected chi connectivity index (χ0v) is 11.1. The van der Waals surface area contributed by atoms with E-state index in [1.54, 1.807) is 0 Å². The van der Waals surface area contributed by atoms with Crippen LogP contribution in [-0.4, -0.2) is 24.2 Å². The molecule has 3 nitrogen and oxygen atoms in total. The smallest absolute Gasteiger partial charge is 0.0615 e. The van der Waals surface area contributed by atoms with Crippen LogP contribution in [0.2, 0.25) is 0 Å². The van der Waals surface area contributed by atoms with Crippen LogP contribution in [0.4, 0.5) is 0 Å². The molecule has 1 aliphatic rings. The Balaban J connectivity index is 1.65. The van der Waals surface area contributed by atoms with E-state index in [1.165, 1.54) is 31.2 Å². The van der Waals surface area contributed by atoms with Crippen molar-refractivity contribution in [1.29, 1.82) is 0 Å². The lowest BCUT2D eigenvalue weighted by atomic mass is 9.86. The van der Waals surface area contributed by atoms with E-state index in [4.69, 9.17) is 10.5 Å². The van der Waals surface area contributed by atoms with Crippen molar-refractivity contribution in [3.05, 3.63) is 30.1 Å². The van der Waals surface area contributed by atoms with Gasteiger partial charge in [0.25, 0.3) is 0 Å². The molecule has 2 N–H and O–H groups in total. The first-order valence-corrected chi connectivity index (χ1v) is 7.10. The Labute approximate surface area is 110 Å². The van der Waals surface area contributed by atoms with Crippen LogP contribution in [0.25, 0.3) is 0 Å². The predicted octanol–water partition coefficient (Wildman–Crippen LogP) is 2.55. The van der Waals surface area contributed by atoms with Crippen LogP contribution in [-0.2, 0) is 11.2 Å². The summed E-state index contributed by atoms with van der Waals surface area (Å²) in [4.78, 5) is 4.02. The second kappa shape index (κ2) is 7.49. The molecule has 0 aliphatic heterocycles. The SMILES string of the molecule is NCC1CCCCC1OCCCc1ccncc1. The summed E-state index contributed by atoms with van der Waals surface area (Å²) in [6.07, 6.45) is 11.3. The third kappa shape index (κ3) is 4.07. The fourth-order valence-electron chi connectivity index (χ4n) is 2.72. The first-order chi connectivity index (χ1) is 8.90. The van der Waals surface area contributed by atoms with Gasteiger partial charge in [0, 0.05) is 19.0 Å². The molecule has 0 spiro atoms. The molecule has 0 aromatic carbocycles. The molecule has 1 heterocycles. The lowest BCUT2D eigenvalue weighted by Crippen LogP contribution is -2.33. The van der Waals surface area contributed by atoms with Crippen molar-refractivity contribution >= 4 is 0 Å². The van der Waals surface area contributed by atoms with Crippen molar-refractivity contribution in [2.75, 3.05) is 13.2 Å². The van der Waals surface area contributed by atoms with Gasteiger partial charge in [-0.15, -0.1) is 0 Å². The molecule has 1 fully saturated rings. The van der Waals surface area contributed by atoms with Gasteiger partial charge in [-0.2, -0.15) is 0 Å². The molecule has 0 radical (unpaired) electrons. The van der Waals surface area contributed by atoms with E-state index in [0.29, 0.717) is 12.0 Å². The van der Waals surface area contributed by atoms with E-state index in [1.807, 2.05) is 12.4 Å². The molecule has 2 rings (SSSR count). The van der Waals surface area contributed by atoms with Crippen LogP contribution in [0.15, 0.2) is 24.5 Å². The highest BCUT2D eigenvalue weighted by Crippen LogP contribution is 2.26. The summed E-state index contributed by atoms with van der Waals surface area (Å²) in [7, 11) is 0. The summed E-state index contributed by atoms with van der Waals surface area (Å²) >= 11 is 0. The van der Waals surface area contributed by atoms with Crippen LogP contribution in [0.5, 0.6) is 0 Å². The minimum Gasteiger partial charge on any atom is -0.378 e. The van der Waals surface area contributed by atoms with Crippen LogP contribution < -0.4 is 5.73 Å². The Morgan fingerprint density at radius 2 is 2.00 bits per heavy atom. The maximum atomic E-state index is 6.01. The maximum Gasteiger partial charge on any atom is 0.0615 e. The van der Waals surface area contributed by atoms with Gasteiger partial charge in [-0.3, -0.25) is 4.98 Å². The van der Waals surface area contributed by atoms with Crippen LogP contribution in [0, 0.1) is 5.92 Å². The fraction of sp³-hybridized carbons (Fsp3) is 0.667. The number of nitrogens with two attached hydrogens (primary N) is 1. The molecule has 2 unspecified atom stereocenters. The molecule has 18 heavy (non-hydrogen) atoms. The molecule has 1 aromatic rings. The fourth-order valence-corrected chi connectivity index (χ4v) is 2.72. The van der Waals surface area contributed by atoms with Crippen molar-refractivity contribution in [3.8, 4) is 0 Å². The van der Waals surface area contributed by atoms with Crippen molar-refractivity contribution in [3.63, 3.8) is 0 Å². The maximum absolute atomic E-state index is 6.01. The summed E-state index contributed by atoms with van der Waals surface area (Å²) in [5, 5.41) is 0. The minimum atomic E-state index is 0.404. The van der Waals surface area contributed by atoms with Crippen molar-refractivity contribution < 1.29 is 4.74 Å². The molecule has 100 valence electrons. The summed E-state index contributed by atoms with van der Waals surface area (Å²) in [5.74, 6) is 0.583. The quantitative estimate of drug-likeness (QED) is 0.787. The standard InChI is InChI=1S/C15H24N2O/c16-12-14-5-1-2-6-15(14)18-11-3-4-13-7-9-17-10-8-13/h7-10,14-15H,1-6,11-12,16H2. The third-order valence-corrected chi connectivity index (χ3v) is 3.83. The zero-order chi connectivity index (χ0) is 12.6. The number of nitrogens with zero attached hydrogens (tertiary/aromatic N) is 1. The van der Waals surface area contributed by atoms with Crippen molar-refractivity contribution in [2.45, 2.75) is 44.6 Å². The highest BCUT2D eigenvalue weighted by Gasteiger charge is 2.24. The number of hydrogen-bond donors (Lipinski definition) is 1. The van der Waals surface area contributed by atoms with Gasteiger partial charge in [0.05, 0.1) is 6.10 Å². The van der Waals surface area contributed by atoms with Gasteiger partial charge in [0.2, 0.25) is 0 Å². The van der Waals surface area contributed by atoms with E-state index in [-0.39, 0.29) is 0 Å². The van der Waals surface area contributed by atoms with Crippen LogP contribution >= 0.6 is 0 Å². The third-order valence-electron chi connectivity index (χ3n) is 3.83. The second-order valence-corrected chi connectivity index (χ2v) is 5.15. The Hall–Kier alpha value is -0.930. The molecular weight excluding hydrogens is 224 g/mol. The number of ether oxygens (including phenoxy) is 1. The number of pyridine rings is 1. The normalized spacial score (nSPS) is 24.1. The highest BCUT2D eigenvalue weighted by molar-refractivity contribution is 5.09. The minimum absolute atomic E-state index is 0.404. The van der Waals surface area contributed by atoms with Gasteiger partial charge >= 0.3 is 0 Å². The average molecular weight is 248 g/mol. The molecule has 0 saturated heterocycles. The van der Waals surface area contributed by atoms with E-state index < -0.39 is 0 Å². The summed E-state index contributed by atoms with van der Waals surface area (Å²) in [6.45, 7) is 1.62. The lowest BCUT2D eigenvalue weighted by Gasteiger charge is -2.30. The van der Waals surface area contributed by atoms with Crippen molar-refractivity contribution in [2.24, 2.45) is 11.7 Å². The topological polar surface area (TPSA) is 48.1 Å². The number of aromatic nitrogens is 1. The number of hydrogen-bond acceptors (Lipinski definition) is 3. The molecule has 1 aromatic heterocycles. The van der Waals surface area contributed by atoms with E-state index in [9.17, 15) is 0 Å². The van der Waals surface area contributed by atoms with Gasteiger partial charge < -0.3 is 10.5 Å². The average Bonchev–Trinajstić information content (AvgIpc) is 2.45. The molecule has 3 heteroatoms. The van der Waals surface area contributed by atoms with E-state index in [0.717, 1.165) is 26.0 Å². The molecule has 0 amide bonds. The first-order valence-electron chi connectivity index (χ1n) is 7.10. The van der Waals surface area contributed by atoms with Gasteiger partial charge in [-0.25, -0.2) is 0 Å². The van der Waals surface area contributed by atoms with E-state index in [2.05, 4.69) is 17.1 Å². The zero-order valence-electron chi connectivity index (χ0n) is 11.1. The van der Waals surface area contributed by atoms with Crippen LogP contribution in [0.1, 0.15) is 37.7 Å². The Morgan fingerprint density at radius 1 is 1.22 bits per heavy atom. The molecule has 1 saturated carbocycles. The Kier molecular flexibility index (Phi) is 5.62. The lowest BCUT2D eigenvalue weighted by molar-refractivity contribution is -0.00873.